The van der Waals surface area contributed by atoms with E-state index >= 15 is 0 Å². The summed E-state index contributed by atoms with van der Waals surface area (Å²) in [4.78, 5) is 57.3. The number of nitrogens with one attached hydrogen (secondary N) is 3. The third kappa shape index (κ3) is 5.70. The van der Waals surface area contributed by atoms with E-state index in [0.717, 1.165) is 16.6 Å². The first-order valence-electron chi connectivity index (χ1n) is 13.0. The number of aromatic amines is 1. The Morgan fingerprint density at radius 1 is 1.02 bits per heavy atom. The Kier molecular flexibility index (Phi) is 7.24. The molecule has 0 aliphatic carbocycles. The van der Waals surface area contributed by atoms with Crippen LogP contribution in [0.1, 0.15) is 16.2 Å². The lowest BCUT2D eigenvalue weighted by Crippen LogP contribution is -2.42. The lowest BCUT2D eigenvalue weighted by atomic mass is 10.2. The number of hydrogen-bond donors (Lipinski definition) is 3. The molecule has 6 rings (SSSR count). The van der Waals surface area contributed by atoms with Crippen LogP contribution in [0, 0.1) is 0 Å². The Balaban J connectivity index is 1.21. The Labute approximate surface area is 233 Å². The van der Waals surface area contributed by atoms with E-state index in [-0.39, 0.29) is 30.4 Å². The number of carbonyl (C=O) groups excluding carboxylic acids is 2. The summed E-state index contributed by atoms with van der Waals surface area (Å²) in [6.45, 7) is 1.86. The first-order valence-corrected chi connectivity index (χ1v) is 13.0. The van der Waals surface area contributed by atoms with Crippen LogP contribution in [0.3, 0.4) is 0 Å². The molecule has 1 aliphatic heterocycles. The van der Waals surface area contributed by atoms with Gasteiger partial charge in [0, 0.05) is 47.6 Å². The highest BCUT2D eigenvalue weighted by atomic mass is 16.5. The average molecular weight is 555 g/mol. The second-order valence-corrected chi connectivity index (χ2v) is 9.35. The minimum Gasteiger partial charge on any atom is -0.431 e. The first kappa shape index (κ1) is 26.0. The SMILES string of the molecule is O=C(Cn1c(N2CCOCC2)ncc(NC(=O)c2cnc(-c3ccccc3)o2)c1=O)NCc1cc2cnccc2[nH]1. The summed E-state index contributed by atoms with van der Waals surface area (Å²) in [5.74, 6) is -0.544. The standard InChI is InChI=1S/C28H26N8O5/c37-24(30-14-20-12-19-13-29-7-6-21(19)33-20)17-36-27(39)22(15-32-28(36)35-8-10-40-11-9-35)34-25(38)23-16-31-26(41-23)18-4-2-1-3-5-18/h1-7,12-13,15-16,33H,8-11,14,17H2,(H,30,37)(H,34,38). The van der Waals surface area contributed by atoms with Crippen LogP contribution in [0.25, 0.3) is 22.4 Å². The lowest BCUT2D eigenvalue weighted by molar-refractivity contribution is -0.121. The number of aromatic nitrogens is 5. The molecule has 0 spiro atoms. The van der Waals surface area contributed by atoms with Crippen molar-refractivity contribution in [2.24, 2.45) is 0 Å². The van der Waals surface area contributed by atoms with E-state index in [4.69, 9.17) is 9.15 Å². The third-order valence-electron chi connectivity index (χ3n) is 6.57. The predicted molar refractivity (Wildman–Crippen MR) is 149 cm³/mol. The highest BCUT2D eigenvalue weighted by molar-refractivity contribution is 6.02. The van der Waals surface area contributed by atoms with Crippen molar-refractivity contribution in [2.45, 2.75) is 13.1 Å². The molecule has 5 aromatic rings. The Hall–Kier alpha value is -5.30. The molecule has 3 N–H and O–H groups in total. The van der Waals surface area contributed by atoms with E-state index < -0.39 is 17.4 Å². The molecule has 41 heavy (non-hydrogen) atoms. The van der Waals surface area contributed by atoms with Crippen molar-refractivity contribution in [2.75, 3.05) is 36.5 Å². The molecule has 1 fully saturated rings. The highest BCUT2D eigenvalue weighted by Gasteiger charge is 2.22. The van der Waals surface area contributed by atoms with Crippen molar-refractivity contribution in [1.29, 1.82) is 0 Å². The van der Waals surface area contributed by atoms with Gasteiger partial charge in [-0.2, -0.15) is 0 Å². The largest absolute Gasteiger partial charge is 0.431 e. The number of anilines is 2. The number of hydrogen-bond acceptors (Lipinski definition) is 9. The van der Waals surface area contributed by atoms with Crippen LogP contribution in [0.5, 0.6) is 0 Å². The van der Waals surface area contributed by atoms with E-state index in [9.17, 15) is 14.4 Å². The smallest absolute Gasteiger partial charge is 0.293 e. The number of carbonyl (C=O) groups is 2. The summed E-state index contributed by atoms with van der Waals surface area (Å²) in [7, 11) is 0. The van der Waals surface area contributed by atoms with Gasteiger partial charge >= 0.3 is 0 Å². The van der Waals surface area contributed by atoms with Crippen molar-refractivity contribution >= 4 is 34.4 Å². The maximum atomic E-state index is 13.6. The van der Waals surface area contributed by atoms with E-state index in [1.165, 1.54) is 17.0 Å². The van der Waals surface area contributed by atoms with Crippen LogP contribution in [-0.4, -0.2) is 62.6 Å². The Morgan fingerprint density at radius 3 is 2.66 bits per heavy atom. The zero-order chi connectivity index (χ0) is 28.2. The fourth-order valence-electron chi connectivity index (χ4n) is 4.53. The Morgan fingerprint density at radius 2 is 1.85 bits per heavy atom. The maximum Gasteiger partial charge on any atom is 0.293 e. The Bertz CT molecular complexity index is 1720. The number of nitrogens with zero attached hydrogens (tertiary/aromatic N) is 5. The van der Waals surface area contributed by atoms with Crippen molar-refractivity contribution < 1.29 is 18.7 Å². The average Bonchev–Trinajstić information content (AvgIpc) is 3.67. The van der Waals surface area contributed by atoms with Crippen LogP contribution in [0.2, 0.25) is 0 Å². The molecule has 1 aromatic carbocycles. The van der Waals surface area contributed by atoms with Gasteiger partial charge < -0.3 is 29.7 Å². The number of morpholine rings is 1. The fourth-order valence-corrected chi connectivity index (χ4v) is 4.53. The van der Waals surface area contributed by atoms with E-state index in [2.05, 4.69) is 30.6 Å². The number of pyridine rings is 1. The van der Waals surface area contributed by atoms with E-state index in [1.807, 2.05) is 35.2 Å². The summed E-state index contributed by atoms with van der Waals surface area (Å²) in [6, 6.07) is 12.9. The van der Waals surface area contributed by atoms with Gasteiger partial charge in [0.05, 0.1) is 32.2 Å². The number of benzene rings is 1. The number of H-pyrrole nitrogens is 1. The monoisotopic (exact) mass is 554 g/mol. The molecular weight excluding hydrogens is 528 g/mol. The highest BCUT2D eigenvalue weighted by Crippen LogP contribution is 2.20. The topological polar surface area (TPSA) is 160 Å². The molecule has 13 nitrogen and oxygen atoms in total. The van der Waals surface area contributed by atoms with Gasteiger partial charge in [0.2, 0.25) is 23.5 Å². The minimum absolute atomic E-state index is 0.0710. The molecule has 0 unspecified atom stereocenters. The molecule has 0 atom stereocenters. The van der Waals surface area contributed by atoms with Gasteiger partial charge in [-0.15, -0.1) is 0 Å². The van der Waals surface area contributed by atoms with Gasteiger partial charge in [-0.25, -0.2) is 9.97 Å². The minimum atomic E-state index is -0.665. The van der Waals surface area contributed by atoms with Gasteiger partial charge in [-0.05, 0) is 24.3 Å². The predicted octanol–water partition coefficient (Wildman–Crippen LogP) is 2.18. The molecular formula is C28H26N8O5. The normalized spacial score (nSPS) is 13.3. The summed E-state index contributed by atoms with van der Waals surface area (Å²) in [6.07, 6.45) is 5.99. The maximum absolute atomic E-state index is 13.6. The van der Waals surface area contributed by atoms with Gasteiger partial charge in [-0.1, -0.05) is 18.2 Å². The van der Waals surface area contributed by atoms with Crippen LogP contribution in [-0.2, 0) is 22.6 Å². The molecule has 4 aromatic heterocycles. The number of amides is 2. The van der Waals surface area contributed by atoms with Gasteiger partial charge in [0.15, 0.2) is 0 Å². The van der Waals surface area contributed by atoms with Crippen LogP contribution in [0.15, 0.2) is 76.5 Å². The molecule has 1 saturated heterocycles. The number of rotatable bonds is 8. The quantitative estimate of drug-likeness (QED) is 0.261. The van der Waals surface area contributed by atoms with Crippen molar-refractivity contribution in [1.82, 2.24) is 29.8 Å². The number of fused-ring (bicyclic) bond motifs is 1. The molecule has 2 amide bonds. The zero-order valence-electron chi connectivity index (χ0n) is 21.9. The fraction of sp³-hybridized carbons (Fsp3) is 0.214. The van der Waals surface area contributed by atoms with Crippen LogP contribution < -0.4 is 21.1 Å². The third-order valence-corrected chi connectivity index (χ3v) is 6.57. The van der Waals surface area contributed by atoms with Gasteiger partial charge in [-0.3, -0.25) is 23.9 Å². The van der Waals surface area contributed by atoms with E-state index in [1.54, 1.807) is 24.5 Å². The molecule has 13 heteroatoms. The van der Waals surface area contributed by atoms with Crippen LogP contribution >= 0.6 is 0 Å². The second kappa shape index (κ2) is 11.4. The van der Waals surface area contributed by atoms with Crippen molar-refractivity contribution in [3.8, 4) is 11.5 Å². The molecule has 1 aliphatic rings. The summed E-state index contributed by atoms with van der Waals surface area (Å²) in [5.41, 5.74) is 1.74. The first-order chi connectivity index (χ1) is 20.0. The van der Waals surface area contributed by atoms with E-state index in [0.29, 0.717) is 37.8 Å². The van der Waals surface area contributed by atoms with Crippen molar-refractivity contribution in [3.63, 3.8) is 0 Å². The molecule has 0 saturated carbocycles. The summed E-state index contributed by atoms with van der Waals surface area (Å²) >= 11 is 0. The lowest BCUT2D eigenvalue weighted by Gasteiger charge is -2.29. The zero-order valence-corrected chi connectivity index (χ0v) is 21.9. The molecule has 0 radical (unpaired) electrons. The number of oxazole rings is 1. The number of ether oxygens (including phenoxy) is 1. The van der Waals surface area contributed by atoms with Crippen LogP contribution in [0.4, 0.5) is 11.6 Å². The van der Waals surface area contributed by atoms with Crippen molar-refractivity contribution in [3.05, 3.63) is 89.1 Å². The summed E-state index contributed by atoms with van der Waals surface area (Å²) < 4.78 is 12.3. The molecule has 0 bridgehead atoms. The molecule has 208 valence electrons. The summed E-state index contributed by atoms with van der Waals surface area (Å²) in [5, 5.41) is 6.32. The van der Waals surface area contributed by atoms with Gasteiger partial charge in [0.25, 0.3) is 11.5 Å². The second-order valence-electron chi connectivity index (χ2n) is 9.35. The van der Waals surface area contributed by atoms with Gasteiger partial charge in [0.1, 0.15) is 12.2 Å². The molecule has 5 heterocycles.